The zero-order valence-electron chi connectivity index (χ0n) is 9.32. The van der Waals surface area contributed by atoms with Crippen molar-refractivity contribution in [2.24, 2.45) is 11.7 Å². The molecule has 0 aromatic carbocycles. The molecule has 0 aromatic heterocycles. The summed E-state index contributed by atoms with van der Waals surface area (Å²) in [4.78, 5) is 24.6. The highest BCUT2D eigenvalue weighted by atomic mass is 16.2. The van der Waals surface area contributed by atoms with E-state index in [2.05, 4.69) is 5.32 Å². The van der Waals surface area contributed by atoms with Crippen LogP contribution in [0.2, 0.25) is 0 Å². The van der Waals surface area contributed by atoms with Gasteiger partial charge in [0.2, 0.25) is 11.8 Å². The van der Waals surface area contributed by atoms with Crippen LogP contribution in [0.25, 0.3) is 0 Å². The third-order valence-electron chi connectivity index (χ3n) is 2.48. The maximum absolute atomic E-state index is 11.8. The Bertz CT molecular complexity index is 253. The lowest BCUT2D eigenvalue weighted by molar-refractivity contribution is -0.140. The van der Waals surface area contributed by atoms with Crippen LogP contribution in [-0.2, 0) is 9.59 Å². The van der Waals surface area contributed by atoms with Gasteiger partial charge in [-0.15, -0.1) is 0 Å². The van der Waals surface area contributed by atoms with Gasteiger partial charge in [0.05, 0.1) is 0 Å². The Labute approximate surface area is 90.0 Å². The summed E-state index contributed by atoms with van der Waals surface area (Å²) < 4.78 is 0. The fourth-order valence-electron chi connectivity index (χ4n) is 1.72. The van der Waals surface area contributed by atoms with Gasteiger partial charge in [0.1, 0.15) is 6.04 Å². The van der Waals surface area contributed by atoms with Crippen LogP contribution in [0.4, 0.5) is 0 Å². The van der Waals surface area contributed by atoms with Gasteiger partial charge in [-0.2, -0.15) is 0 Å². The molecule has 0 unspecified atom stereocenters. The Balaban J connectivity index is 2.63. The lowest BCUT2D eigenvalue weighted by atomic mass is 10.1. The third kappa shape index (κ3) is 3.20. The Hall–Kier alpha value is -1.10. The summed E-state index contributed by atoms with van der Waals surface area (Å²) in [5.74, 6) is -0.101. The minimum atomic E-state index is -0.481. The number of piperazine rings is 1. The van der Waals surface area contributed by atoms with Crippen LogP contribution in [0, 0.1) is 5.92 Å². The second-order valence-corrected chi connectivity index (χ2v) is 4.31. The minimum Gasteiger partial charge on any atom is -0.368 e. The summed E-state index contributed by atoms with van der Waals surface area (Å²) in [6, 6.07) is -0.481. The highest BCUT2D eigenvalue weighted by Gasteiger charge is 2.30. The van der Waals surface area contributed by atoms with E-state index in [9.17, 15) is 9.59 Å². The number of primary amides is 1. The molecule has 1 heterocycles. The van der Waals surface area contributed by atoms with Crippen LogP contribution in [0.15, 0.2) is 0 Å². The molecular weight excluding hydrogens is 194 g/mol. The molecule has 1 atom stereocenters. The van der Waals surface area contributed by atoms with Crippen LogP contribution >= 0.6 is 0 Å². The van der Waals surface area contributed by atoms with E-state index >= 15 is 0 Å². The molecule has 0 aliphatic carbocycles. The van der Waals surface area contributed by atoms with Crippen molar-refractivity contribution in [3.63, 3.8) is 0 Å². The molecule has 1 rings (SSSR count). The van der Waals surface area contributed by atoms with Gasteiger partial charge in [-0.25, -0.2) is 0 Å². The number of nitrogens with zero attached hydrogens (tertiary/aromatic N) is 1. The number of carbonyl (C=O) groups is 2. The Morgan fingerprint density at radius 3 is 2.73 bits per heavy atom. The van der Waals surface area contributed by atoms with Gasteiger partial charge in [0.15, 0.2) is 0 Å². The first-order valence-electron chi connectivity index (χ1n) is 5.32. The summed E-state index contributed by atoms with van der Waals surface area (Å²) in [6.07, 6.45) is 0.476. The number of rotatable bonds is 3. The van der Waals surface area contributed by atoms with Crippen molar-refractivity contribution in [3.05, 3.63) is 0 Å². The Morgan fingerprint density at radius 1 is 1.53 bits per heavy atom. The fourth-order valence-corrected chi connectivity index (χ4v) is 1.72. The molecule has 15 heavy (non-hydrogen) atoms. The number of hydrogen-bond donors (Lipinski definition) is 2. The van der Waals surface area contributed by atoms with Gasteiger partial charge in [0, 0.05) is 26.1 Å². The van der Waals surface area contributed by atoms with E-state index < -0.39 is 11.9 Å². The zero-order chi connectivity index (χ0) is 11.4. The molecule has 0 radical (unpaired) electrons. The van der Waals surface area contributed by atoms with Crippen LogP contribution in [0.1, 0.15) is 20.3 Å². The summed E-state index contributed by atoms with van der Waals surface area (Å²) >= 11 is 0. The highest BCUT2D eigenvalue weighted by Crippen LogP contribution is 2.09. The number of amides is 2. The molecule has 2 amide bonds. The molecule has 3 N–H and O–H groups in total. The summed E-state index contributed by atoms with van der Waals surface area (Å²) in [5, 5.41) is 3.06. The smallest absolute Gasteiger partial charge is 0.241 e. The first kappa shape index (κ1) is 12.0. The number of hydrogen-bond acceptors (Lipinski definition) is 3. The summed E-state index contributed by atoms with van der Waals surface area (Å²) in [6.45, 7) is 5.74. The number of nitrogens with two attached hydrogens (primary N) is 1. The van der Waals surface area contributed by atoms with E-state index in [1.165, 1.54) is 0 Å². The maximum Gasteiger partial charge on any atom is 0.241 e. The molecule has 86 valence electrons. The van der Waals surface area contributed by atoms with E-state index in [0.29, 0.717) is 25.4 Å². The lowest BCUT2D eigenvalue weighted by Gasteiger charge is -2.34. The molecule has 5 nitrogen and oxygen atoms in total. The molecule has 1 aliphatic rings. The molecule has 5 heteroatoms. The number of carbonyl (C=O) groups excluding carboxylic acids is 2. The average Bonchev–Trinajstić information content (AvgIpc) is 2.16. The van der Waals surface area contributed by atoms with E-state index in [0.717, 1.165) is 6.54 Å². The topological polar surface area (TPSA) is 75.4 Å². The monoisotopic (exact) mass is 213 g/mol. The predicted octanol–water partition coefficient (Wildman–Crippen LogP) is -0.682. The zero-order valence-corrected chi connectivity index (χ0v) is 9.32. The molecule has 1 fully saturated rings. The van der Waals surface area contributed by atoms with Crippen molar-refractivity contribution in [1.29, 1.82) is 0 Å². The van der Waals surface area contributed by atoms with Crippen molar-refractivity contribution in [2.45, 2.75) is 26.3 Å². The van der Waals surface area contributed by atoms with E-state index in [4.69, 9.17) is 5.73 Å². The highest BCUT2D eigenvalue weighted by molar-refractivity contribution is 5.87. The van der Waals surface area contributed by atoms with Crippen LogP contribution < -0.4 is 11.1 Å². The van der Waals surface area contributed by atoms with Crippen molar-refractivity contribution in [1.82, 2.24) is 10.2 Å². The predicted molar refractivity (Wildman–Crippen MR) is 57.0 cm³/mol. The SMILES string of the molecule is CC(C)CC(=O)N1CCNC[C@H]1C(N)=O. The van der Waals surface area contributed by atoms with Gasteiger partial charge in [-0.3, -0.25) is 9.59 Å². The Kier molecular flexibility index (Phi) is 4.08. The molecule has 0 saturated carbocycles. The third-order valence-corrected chi connectivity index (χ3v) is 2.48. The van der Waals surface area contributed by atoms with Gasteiger partial charge in [-0.1, -0.05) is 13.8 Å². The summed E-state index contributed by atoms with van der Waals surface area (Å²) in [7, 11) is 0. The van der Waals surface area contributed by atoms with E-state index in [1.54, 1.807) is 4.90 Å². The molecule has 1 aliphatic heterocycles. The fraction of sp³-hybridized carbons (Fsp3) is 0.800. The van der Waals surface area contributed by atoms with E-state index in [1.807, 2.05) is 13.8 Å². The normalized spacial score (nSPS) is 21.8. The molecule has 0 spiro atoms. The van der Waals surface area contributed by atoms with Crippen molar-refractivity contribution in [2.75, 3.05) is 19.6 Å². The van der Waals surface area contributed by atoms with Crippen molar-refractivity contribution in [3.8, 4) is 0 Å². The summed E-state index contributed by atoms with van der Waals surface area (Å²) in [5.41, 5.74) is 5.25. The largest absolute Gasteiger partial charge is 0.368 e. The van der Waals surface area contributed by atoms with E-state index in [-0.39, 0.29) is 5.91 Å². The van der Waals surface area contributed by atoms with Crippen LogP contribution in [0.5, 0.6) is 0 Å². The first-order valence-corrected chi connectivity index (χ1v) is 5.32. The minimum absolute atomic E-state index is 0.0234. The molecular formula is C10H19N3O2. The van der Waals surface area contributed by atoms with Crippen LogP contribution in [-0.4, -0.2) is 42.4 Å². The van der Waals surface area contributed by atoms with Gasteiger partial charge in [0.25, 0.3) is 0 Å². The standard InChI is InChI=1S/C10H19N3O2/c1-7(2)5-9(14)13-4-3-12-6-8(13)10(11)15/h7-8,12H,3-6H2,1-2H3,(H2,11,15)/t8-/m0/s1. The first-order chi connectivity index (χ1) is 7.02. The molecule has 1 saturated heterocycles. The average molecular weight is 213 g/mol. The van der Waals surface area contributed by atoms with Crippen molar-refractivity contribution >= 4 is 11.8 Å². The number of nitrogens with one attached hydrogen (secondary N) is 1. The molecule has 0 bridgehead atoms. The van der Waals surface area contributed by atoms with Crippen molar-refractivity contribution < 1.29 is 9.59 Å². The van der Waals surface area contributed by atoms with Crippen LogP contribution in [0.3, 0.4) is 0 Å². The maximum atomic E-state index is 11.8. The second kappa shape index (κ2) is 5.11. The van der Waals surface area contributed by atoms with Gasteiger partial charge >= 0.3 is 0 Å². The lowest BCUT2D eigenvalue weighted by Crippen LogP contribution is -2.58. The second-order valence-electron chi connectivity index (χ2n) is 4.31. The van der Waals surface area contributed by atoms with Gasteiger partial charge in [-0.05, 0) is 5.92 Å². The molecule has 0 aromatic rings. The quantitative estimate of drug-likeness (QED) is 0.652. The Morgan fingerprint density at radius 2 is 2.20 bits per heavy atom. The van der Waals surface area contributed by atoms with Gasteiger partial charge < -0.3 is 16.0 Å².